The normalized spacial score (nSPS) is 13.5. The van der Waals surface area contributed by atoms with Crippen molar-refractivity contribution >= 4 is 50.8 Å². The highest BCUT2D eigenvalue weighted by Gasteiger charge is 2.20. The van der Waals surface area contributed by atoms with Crippen molar-refractivity contribution in [3.63, 3.8) is 0 Å². The Morgan fingerprint density at radius 2 is 1.49 bits per heavy atom. The molecule has 9 heteroatoms. The fourth-order valence-corrected chi connectivity index (χ4v) is 4.86. The van der Waals surface area contributed by atoms with Crippen LogP contribution in [0.15, 0.2) is 72.9 Å². The van der Waals surface area contributed by atoms with E-state index in [1.54, 1.807) is 24.3 Å². The zero-order chi connectivity index (χ0) is 26.9. The van der Waals surface area contributed by atoms with Crippen LogP contribution in [0.1, 0.15) is 17.3 Å². The van der Waals surface area contributed by atoms with Gasteiger partial charge in [0.25, 0.3) is 0 Å². The Bertz CT molecular complexity index is 1690. The summed E-state index contributed by atoms with van der Waals surface area (Å²) in [6.07, 6.45) is 2.05. The van der Waals surface area contributed by atoms with E-state index >= 15 is 0 Å². The molecule has 0 aliphatic carbocycles. The van der Waals surface area contributed by atoms with E-state index in [1.807, 2.05) is 37.5 Å². The van der Waals surface area contributed by atoms with E-state index in [9.17, 15) is 9.59 Å². The molecule has 6 rings (SSSR count). The average Bonchev–Trinajstić information content (AvgIpc) is 3.34. The Morgan fingerprint density at radius 3 is 2.15 bits per heavy atom. The molecule has 0 spiro atoms. The number of nitrogens with zero attached hydrogens (tertiary/aromatic N) is 4. The molecule has 1 saturated heterocycles. The monoisotopic (exact) mass is 520 g/mol. The van der Waals surface area contributed by atoms with E-state index in [4.69, 9.17) is 14.7 Å². The highest BCUT2D eigenvalue weighted by Crippen LogP contribution is 2.33. The number of fused-ring (bicyclic) bond motifs is 3. The zero-order valence-corrected chi connectivity index (χ0v) is 21.8. The van der Waals surface area contributed by atoms with Crippen molar-refractivity contribution in [2.24, 2.45) is 7.05 Å². The van der Waals surface area contributed by atoms with Crippen molar-refractivity contribution in [3.8, 4) is 11.4 Å². The Labute approximate surface area is 225 Å². The number of amides is 2. The molecular formula is C30H28N6O3. The second kappa shape index (κ2) is 10.2. The lowest BCUT2D eigenvalue weighted by Gasteiger charge is -2.29. The number of ketones is 1. The number of Topliss-reactive ketones (excluding diaryl/α,β-unsaturated/α-hetero) is 1. The first-order valence-corrected chi connectivity index (χ1v) is 12.8. The minimum absolute atomic E-state index is 0.0215. The van der Waals surface area contributed by atoms with Crippen molar-refractivity contribution in [3.05, 3.63) is 78.5 Å². The van der Waals surface area contributed by atoms with Gasteiger partial charge >= 0.3 is 6.03 Å². The van der Waals surface area contributed by atoms with Crippen molar-refractivity contribution < 1.29 is 14.3 Å². The first-order valence-electron chi connectivity index (χ1n) is 12.8. The molecule has 1 aliphatic heterocycles. The van der Waals surface area contributed by atoms with Gasteiger partial charge in [0, 0.05) is 65.1 Å². The van der Waals surface area contributed by atoms with Gasteiger partial charge in [0.1, 0.15) is 5.82 Å². The third-order valence-electron chi connectivity index (χ3n) is 6.97. The van der Waals surface area contributed by atoms with E-state index in [2.05, 4.69) is 38.3 Å². The maximum absolute atomic E-state index is 12.5. The van der Waals surface area contributed by atoms with Gasteiger partial charge in [-0.15, -0.1) is 0 Å². The van der Waals surface area contributed by atoms with Gasteiger partial charge in [-0.25, -0.2) is 14.8 Å². The minimum Gasteiger partial charge on any atom is -0.378 e. The number of hydrogen-bond acceptors (Lipinski definition) is 6. The first kappa shape index (κ1) is 24.6. The number of rotatable bonds is 5. The topological polar surface area (TPSA) is 101 Å². The molecule has 196 valence electrons. The molecule has 2 N–H and O–H groups in total. The molecule has 2 aromatic heterocycles. The van der Waals surface area contributed by atoms with Crippen molar-refractivity contribution in [1.82, 2.24) is 14.5 Å². The molecule has 1 aliphatic rings. The Hall–Kier alpha value is -4.76. The summed E-state index contributed by atoms with van der Waals surface area (Å²) < 4.78 is 7.67. The number of benzene rings is 3. The van der Waals surface area contributed by atoms with Crippen molar-refractivity contribution in [1.29, 1.82) is 0 Å². The summed E-state index contributed by atoms with van der Waals surface area (Å²) in [7, 11) is 2.03. The largest absolute Gasteiger partial charge is 0.378 e. The minimum atomic E-state index is -0.374. The predicted molar refractivity (Wildman–Crippen MR) is 154 cm³/mol. The van der Waals surface area contributed by atoms with E-state index in [-0.39, 0.29) is 11.8 Å². The van der Waals surface area contributed by atoms with Crippen LogP contribution < -0.4 is 15.5 Å². The molecule has 39 heavy (non-hydrogen) atoms. The van der Waals surface area contributed by atoms with Gasteiger partial charge in [-0.2, -0.15) is 0 Å². The summed E-state index contributed by atoms with van der Waals surface area (Å²) in [5.74, 6) is 1.51. The lowest BCUT2D eigenvalue weighted by Crippen LogP contribution is -2.37. The quantitative estimate of drug-likeness (QED) is 0.298. The van der Waals surface area contributed by atoms with Crippen LogP contribution in [-0.4, -0.2) is 52.7 Å². The number of urea groups is 1. The Kier molecular flexibility index (Phi) is 6.42. The maximum Gasteiger partial charge on any atom is 0.323 e. The predicted octanol–water partition coefficient (Wildman–Crippen LogP) is 5.47. The molecule has 5 aromatic rings. The van der Waals surface area contributed by atoms with Crippen LogP contribution in [0.4, 0.5) is 22.0 Å². The molecular weight excluding hydrogens is 492 g/mol. The number of carbonyl (C=O) groups is 2. The summed E-state index contributed by atoms with van der Waals surface area (Å²) in [6, 6.07) is 20.2. The summed E-state index contributed by atoms with van der Waals surface area (Å²) >= 11 is 0. The lowest BCUT2D eigenvalue weighted by atomic mass is 10.1. The van der Waals surface area contributed by atoms with Crippen LogP contribution in [0.25, 0.3) is 33.2 Å². The third-order valence-corrected chi connectivity index (χ3v) is 6.97. The van der Waals surface area contributed by atoms with Crippen LogP contribution in [0.5, 0.6) is 0 Å². The van der Waals surface area contributed by atoms with Crippen LogP contribution in [0.3, 0.4) is 0 Å². The molecule has 0 atom stereocenters. The van der Waals surface area contributed by atoms with E-state index in [1.165, 1.54) is 6.92 Å². The highest BCUT2D eigenvalue weighted by molar-refractivity contribution is 6.08. The van der Waals surface area contributed by atoms with E-state index < -0.39 is 0 Å². The molecule has 0 saturated carbocycles. The van der Waals surface area contributed by atoms with Gasteiger partial charge in [-0.05, 0) is 73.7 Å². The molecule has 9 nitrogen and oxygen atoms in total. The molecule has 0 bridgehead atoms. The number of carbonyl (C=O) groups excluding carboxylic acids is 2. The lowest BCUT2D eigenvalue weighted by molar-refractivity contribution is 0.101. The fraction of sp³-hybridized carbons (Fsp3) is 0.200. The molecule has 0 radical (unpaired) electrons. The highest BCUT2D eigenvalue weighted by atomic mass is 16.5. The second-order valence-electron chi connectivity index (χ2n) is 9.58. The van der Waals surface area contributed by atoms with Gasteiger partial charge in [-0.3, -0.25) is 4.79 Å². The summed E-state index contributed by atoms with van der Waals surface area (Å²) in [5.41, 5.74) is 4.71. The smallest absolute Gasteiger partial charge is 0.323 e. The Morgan fingerprint density at radius 1 is 0.821 bits per heavy atom. The standard InChI is InChI=1S/C30H28N6O3/c1-19(37)20-3-7-22(8-4-20)31-30(38)32-23-9-5-21(6-10-23)28-33-27-24-13-14-35(2)26(24)12-11-25(27)29(34-28)36-15-17-39-18-16-36/h3-14H,15-18H2,1-2H3,(H2,31,32,38). The average molecular weight is 521 g/mol. The van der Waals surface area contributed by atoms with Gasteiger partial charge in [-0.1, -0.05) is 0 Å². The molecule has 3 aromatic carbocycles. The van der Waals surface area contributed by atoms with Crippen LogP contribution in [-0.2, 0) is 11.8 Å². The third kappa shape index (κ3) is 4.92. The van der Waals surface area contributed by atoms with Gasteiger partial charge < -0.3 is 24.8 Å². The maximum atomic E-state index is 12.5. The number of aryl methyl sites for hydroxylation is 1. The summed E-state index contributed by atoms with van der Waals surface area (Å²) in [5, 5.41) is 7.73. The van der Waals surface area contributed by atoms with E-state index in [0.29, 0.717) is 36.0 Å². The molecule has 2 amide bonds. The van der Waals surface area contributed by atoms with Gasteiger partial charge in [0.15, 0.2) is 11.6 Å². The van der Waals surface area contributed by atoms with Crippen LogP contribution >= 0.6 is 0 Å². The SMILES string of the molecule is CC(=O)c1ccc(NC(=O)Nc2ccc(-c3nc(N4CCOCC4)c4ccc5c(ccn5C)c4n3)cc2)cc1. The molecule has 0 unspecified atom stereocenters. The first-order chi connectivity index (χ1) is 19.0. The van der Waals surface area contributed by atoms with Crippen LogP contribution in [0, 0.1) is 0 Å². The molecule has 3 heterocycles. The fourth-order valence-electron chi connectivity index (χ4n) is 4.86. The Balaban J connectivity index is 1.28. The summed E-state index contributed by atoms with van der Waals surface area (Å²) in [4.78, 5) is 36.2. The van der Waals surface area contributed by atoms with Crippen LogP contribution in [0.2, 0.25) is 0 Å². The van der Waals surface area contributed by atoms with Crippen molar-refractivity contribution in [2.75, 3.05) is 41.8 Å². The number of ether oxygens (including phenoxy) is 1. The number of aromatic nitrogens is 3. The van der Waals surface area contributed by atoms with Gasteiger partial charge in [0.05, 0.1) is 18.7 Å². The van der Waals surface area contributed by atoms with E-state index in [0.717, 1.165) is 46.3 Å². The number of morpholine rings is 1. The summed E-state index contributed by atoms with van der Waals surface area (Å²) in [6.45, 7) is 4.38. The van der Waals surface area contributed by atoms with Crippen molar-refractivity contribution in [2.45, 2.75) is 6.92 Å². The second-order valence-corrected chi connectivity index (χ2v) is 9.58. The number of hydrogen-bond donors (Lipinski definition) is 2. The zero-order valence-electron chi connectivity index (χ0n) is 21.8. The van der Waals surface area contributed by atoms with Gasteiger partial charge in [0.2, 0.25) is 0 Å². The number of nitrogens with one attached hydrogen (secondary N) is 2. The number of anilines is 3. The molecule has 1 fully saturated rings.